The SMILES string of the molecule is C[C@@H](NC(=O)Cn1c(Cl)nc2c1c(=O)n(C)c(=O)n2C)c1ccc2c(c1)OCCO2. The molecule has 158 valence electrons. The number of hydrogen-bond donors (Lipinski definition) is 1. The van der Waals surface area contributed by atoms with Crippen molar-refractivity contribution in [1.82, 2.24) is 24.0 Å². The van der Waals surface area contributed by atoms with Crippen LogP contribution in [0.2, 0.25) is 5.28 Å². The van der Waals surface area contributed by atoms with E-state index in [1.165, 1.54) is 23.2 Å². The van der Waals surface area contributed by atoms with Gasteiger partial charge in [-0.2, -0.15) is 4.98 Å². The highest BCUT2D eigenvalue weighted by Crippen LogP contribution is 2.32. The fraction of sp³-hybridized carbons (Fsp3) is 0.368. The first kappa shape index (κ1) is 20.0. The zero-order valence-corrected chi connectivity index (χ0v) is 17.4. The second-order valence-corrected chi connectivity index (χ2v) is 7.38. The first-order valence-electron chi connectivity index (χ1n) is 9.28. The van der Waals surface area contributed by atoms with Crippen molar-refractivity contribution in [2.24, 2.45) is 14.1 Å². The van der Waals surface area contributed by atoms with Gasteiger partial charge in [0.2, 0.25) is 11.2 Å². The monoisotopic (exact) mass is 433 g/mol. The molecule has 0 radical (unpaired) electrons. The minimum absolute atomic E-state index is 0.0505. The number of aromatic nitrogens is 4. The summed E-state index contributed by atoms with van der Waals surface area (Å²) >= 11 is 6.17. The van der Waals surface area contributed by atoms with E-state index in [0.29, 0.717) is 24.7 Å². The summed E-state index contributed by atoms with van der Waals surface area (Å²) in [6.07, 6.45) is 0. The number of benzene rings is 1. The lowest BCUT2D eigenvalue weighted by atomic mass is 10.1. The van der Waals surface area contributed by atoms with Crippen molar-refractivity contribution in [2.75, 3.05) is 13.2 Å². The summed E-state index contributed by atoms with van der Waals surface area (Å²) in [5.74, 6) is 0.934. The normalized spacial score (nSPS) is 14.0. The van der Waals surface area contributed by atoms with E-state index in [1.807, 2.05) is 19.1 Å². The molecule has 3 heterocycles. The molecule has 1 aliphatic rings. The lowest BCUT2D eigenvalue weighted by Gasteiger charge is -2.21. The quantitative estimate of drug-likeness (QED) is 0.608. The predicted molar refractivity (Wildman–Crippen MR) is 109 cm³/mol. The molecule has 1 aliphatic heterocycles. The summed E-state index contributed by atoms with van der Waals surface area (Å²) in [6.45, 7) is 2.58. The van der Waals surface area contributed by atoms with E-state index in [0.717, 1.165) is 10.1 Å². The number of ether oxygens (including phenoxy) is 2. The fourth-order valence-electron chi connectivity index (χ4n) is 3.41. The first-order valence-corrected chi connectivity index (χ1v) is 9.66. The van der Waals surface area contributed by atoms with Crippen LogP contribution in [-0.4, -0.2) is 37.8 Å². The number of halogens is 1. The van der Waals surface area contributed by atoms with E-state index >= 15 is 0 Å². The largest absolute Gasteiger partial charge is 0.486 e. The number of fused-ring (bicyclic) bond motifs is 2. The molecule has 0 bridgehead atoms. The van der Waals surface area contributed by atoms with Crippen LogP contribution in [0.5, 0.6) is 11.5 Å². The van der Waals surface area contributed by atoms with Gasteiger partial charge in [0, 0.05) is 14.1 Å². The Balaban J connectivity index is 1.59. The molecular formula is C19H20ClN5O5. The van der Waals surface area contributed by atoms with Crippen molar-refractivity contribution in [1.29, 1.82) is 0 Å². The third kappa shape index (κ3) is 3.32. The molecule has 11 heteroatoms. The van der Waals surface area contributed by atoms with Crippen LogP contribution < -0.4 is 26.0 Å². The van der Waals surface area contributed by atoms with E-state index in [-0.39, 0.29) is 34.9 Å². The van der Waals surface area contributed by atoms with Crippen LogP contribution in [0.3, 0.4) is 0 Å². The van der Waals surface area contributed by atoms with Gasteiger partial charge >= 0.3 is 5.69 Å². The van der Waals surface area contributed by atoms with Crippen LogP contribution in [0, 0.1) is 0 Å². The average molecular weight is 434 g/mol. The van der Waals surface area contributed by atoms with Crippen molar-refractivity contribution in [2.45, 2.75) is 19.5 Å². The van der Waals surface area contributed by atoms with Gasteiger partial charge in [-0.1, -0.05) is 6.07 Å². The Morgan fingerprint density at radius 3 is 2.63 bits per heavy atom. The van der Waals surface area contributed by atoms with Crippen molar-refractivity contribution < 1.29 is 14.3 Å². The molecule has 1 atom stereocenters. The van der Waals surface area contributed by atoms with Crippen LogP contribution >= 0.6 is 11.6 Å². The summed E-state index contributed by atoms with van der Waals surface area (Å²) in [6, 6.07) is 5.15. The van der Waals surface area contributed by atoms with Crippen molar-refractivity contribution in [3.05, 3.63) is 49.9 Å². The van der Waals surface area contributed by atoms with Crippen LogP contribution in [0.1, 0.15) is 18.5 Å². The van der Waals surface area contributed by atoms with Gasteiger partial charge < -0.3 is 14.8 Å². The first-order chi connectivity index (χ1) is 14.3. The molecule has 1 N–H and O–H groups in total. The third-order valence-electron chi connectivity index (χ3n) is 5.05. The minimum atomic E-state index is -0.569. The number of hydrogen-bond acceptors (Lipinski definition) is 6. The zero-order chi connectivity index (χ0) is 21.6. The van der Waals surface area contributed by atoms with Crippen molar-refractivity contribution in [3.8, 4) is 11.5 Å². The van der Waals surface area contributed by atoms with Crippen LogP contribution in [-0.2, 0) is 25.4 Å². The summed E-state index contributed by atoms with van der Waals surface area (Å²) < 4.78 is 14.6. The highest BCUT2D eigenvalue weighted by Gasteiger charge is 2.21. The Labute approximate surface area is 175 Å². The Hall–Kier alpha value is -3.27. The molecule has 4 rings (SSSR count). The Morgan fingerprint density at radius 1 is 1.20 bits per heavy atom. The van der Waals surface area contributed by atoms with Gasteiger partial charge in [0.05, 0.1) is 6.04 Å². The van der Waals surface area contributed by atoms with Gasteiger partial charge in [-0.25, -0.2) is 4.79 Å². The van der Waals surface area contributed by atoms with E-state index in [4.69, 9.17) is 21.1 Å². The van der Waals surface area contributed by atoms with E-state index < -0.39 is 11.2 Å². The fourth-order valence-corrected chi connectivity index (χ4v) is 3.63. The average Bonchev–Trinajstić information content (AvgIpc) is 3.06. The maximum Gasteiger partial charge on any atom is 0.332 e. The molecule has 0 saturated carbocycles. The number of amides is 1. The Kier molecular flexibility index (Phi) is 5.02. The molecule has 0 unspecified atom stereocenters. The molecular weight excluding hydrogens is 414 g/mol. The maximum absolute atomic E-state index is 12.7. The molecule has 10 nitrogen and oxygen atoms in total. The topological polar surface area (TPSA) is 109 Å². The maximum atomic E-state index is 12.7. The zero-order valence-electron chi connectivity index (χ0n) is 16.6. The number of aryl methyl sites for hydroxylation is 1. The Bertz CT molecular complexity index is 1280. The second kappa shape index (κ2) is 7.52. The lowest BCUT2D eigenvalue weighted by Crippen LogP contribution is -2.38. The molecule has 0 aliphatic carbocycles. The smallest absolute Gasteiger partial charge is 0.332 e. The molecule has 3 aromatic rings. The van der Waals surface area contributed by atoms with E-state index in [9.17, 15) is 14.4 Å². The second-order valence-electron chi connectivity index (χ2n) is 7.04. The number of nitrogens with one attached hydrogen (secondary N) is 1. The van der Waals surface area contributed by atoms with Crippen molar-refractivity contribution in [3.63, 3.8) is 0 Å². The highest BCUT2D eigenvalue weighted by molar-refractivity contribution is 6.29. The summed E-state index contributed by atoms with van der Waals surface area (Å²) in [4.78, 5) is 41.4. The molecule has 0 fully saturated rings. The van der Waals surface area contributed by atoms with Gasteiger partial charge in [-0.3, -0.25) is 23.3 Å². The summed E-state index contributed by atoms with van der Waals surface area (Å²) in [5, 5.41) is 2.82. The lowest BCUT2D eigenvalue weighted by molar-refractivity contribution is -0.122. The van der Waals surface area contributed by atoms with Gasteiger partial charge in [0.15, 0.2) is 22.7 Å². The summed E-state index contributed by atoms with van der Waals surface area (Å²) in [7, 11) is 2.85. The molecule has 1 amide bonds. The molecule has 1 aromatic carbocycles. The van der Waals surface area contributed by atoms with Gasteiger partial charge in [0.1, 0.15) is 19.8 Å². The standard InChI is InChI=1S/C19H20ClN5O5/c1-10(11-4-5-12-13(8-11)30-7-6-29-12)21-14(26)9-25-15-16(22-18(25)20)23(2)19(28)24(3)17(15)27/h4-5,8,10H,6-7,9H2,1-3H3,(H,21,26)/t10-/m1/s1. The minimum Gasteiger partial charge on any atom is -0.486 e. The molecule has 2 aromatic heterocycles. The van der Waals surface area contributed by atoms with Gasteiger partial charge in [-0.15, -0.1) is 0 Å². The number of rotatable bonds is 4. The number of carbonyl (C=O) groups is 1. The van der Waals surface area contributed by atoms with E-state index in [1.54, 1.807) is 6.07 Å². The number of nitrogens with zero attached hydrogens (tertiary/aromatic N) is 4. The predicted octanol–water partition coefficient (Wildman–Crippen LogP) is 0.736. The number of carbonyl (C=O) groups excluding carboxylic acids is 1. The highest BCUT2D eigenvalue weighted by atomic mass is 35.5. The van der Waals surface area contributed by atoms with Crippen LogP contribution in [0.15, 0.2) is 27.8 Å². The molecule has 30 heavy (non-hydrogen) atoms. The van der Waals surface area contributed by atoms with Gasteiger partial charge in [0.25, 0.3) is 5.56 Å². The summed E-state index contributed by atoms with van der Waals surface area (Å²) in [5.41, 5.74) is -0.0364. The van der Waals surface area contributed by atoms with Crippen LogP contribution in [0.4, 0.5) is 0 Å². The van der Waals surface area contributed by atoms with Crippen LogP contribution in [0.25, 0.3) is 11.2 Å². The molecule has 0 saturated heterocycles. The number of imidazole rings is 1. The van der Waals surface area contributed by atoms with Gasteiger partial charge in [-0.05, 0) is 36.2 Å². The van der Waals surface area contributed by atoms with Crippen molar-refractivity contribution >= 4 is 28.7 Å². The third-order valence-corrected chi connectivity index (χ3v) is 5.34. The van der Waals surface area contributed by atoms with E-state index in [2.05, 4.69) is 10.3 Å². The molecule has 0 spiro atoms. The Morgan fingerprint density at radius 2 is 1.90 bits per heavy atom.